The number of benzene rings is 1. The molecule has 1 saturated heterocycles. The van der Waals surface area contributed by atoms with Crippen molar-refractivity contribution in [3.05, 3.63) is 40.4 Å². The molecule has 1 aromatic heterocycles. The number of carbonyl (C=O) groups is 1. The summed E-state index contributed by atoms with van der Waals surface area (Å²) in [7, 11) is 0. The van der Waals surface area contributed by atoms with Crippen LogP contribution >= 0.6 is 11.3 Å². The molecule has 2 heterocycles. The van der Waals surface area contributed by atoms with Gasteiger partial charge in [-0.2, -0.15) is 0 Å². The minimum atomic E-state index is -0.114. The van der Waals surface area contributed by atoms with Gasteiger partial charge in [0.15, 0.2) is 5.13 Å². The van der Waals surface area contributed by atoms with Crippen LogP contribution in [-0.4, -0.2) is 55.2 Å². The van der Waals surface area contributed by atoms with Crippen LogP contribution in [0.15, 0.2) is 23.6 Å². The summed E-state index contributed by atoms with van der Waals surface area (Å²) in [4.78, 5) is 19.0. The van der Waals surface area contributed by atoms with Crippen LogP contribution in [0.2, 0.25) is 0 Å². The van der Waals surface area contributed by atoms with E-state index in [2.05, 4.69) is 46.5 Å². The van der Waals surface area contributed by atoms with Crippen molar-refractivity contribution in [2.45, 2.75) is 20.3 Å². The zero-order valence-electron chi connectivity index (χ0n) is 15.4. The second-order valence-corrected chi connectivity index (χ2v) is 7.38. The van der Waals surface area contributed by atoms with Gasteiger partial charge in [-0.3, -0.25) is 9.69 Å². The SMILES string of the molecule is Cc1ccc(Nc2nc(C(=O)NCCCN3CCOCC3)cs2)cc1C. The molecule has 7 heteroatoms. The third-order valence-electron chi connectivity index (χ3n) is 4.54. The van der Waals surface area contributed by atoms with Crippen molar-refractivity contribution in [3.8, 4) is 0 Å². The number of morpholine rings is 1. The summed E-state index contributed by atoms with van der Waals surface area (Å²) in [6, 6.07) is 6.19. The predicted molar refractivity (Wildman–Crippen MR) is 106 cm³/mol. The molecule has 3 rings (SSSR count). The Hall–Kier alpha value is -1.96. The van der Waals surface area contributed by atoms with Crippen LogP contribution < -0.4 is 10.6 Å². The highest BCUT2D eigenvalue weighted by Crippen LogP contribution is 2.22. The van der Waals surface area contributed by atoms with Crippen molar-refractivity contribution < 1.29 is 9.53 Å². The number of nitrogens with zero attached hydrogens (tertiary/aromatic N) is 2. The fourth-order valence-corrected chi connectivity index (χ4v) is 3.51. The van der Waals surface area contributed by atoms with Crippen LogP contribution in [0.1, 0.15) is 28.0 Å². The van der Waals surface area contributed by atoms with Crippen molar-refractivity contribution in [1.82, 2.24) is 15.2 Å². The standard InChI is InChI=1S/C19H26N4O2S/c1-14-4-5-16(12-15(14)2)21-19-22-17(13-26-19)18(24)20-6-3-7-23-8-10-25-11-9-23/h4-5,12-13H,3,6-11H2,1-2H3,(H,20,24)(H,21,22). The maximum atomic E-state index is 12.2. The van der Waals surface area contributed by atoms with E-state index in [1.54, 1.807) is 5.38 Å². The normalized spacial score (nSPS) is 15.0. The van der Waals surface area contributed by atoms with Crippen molar-refractivity contribution in [2.75, 3.05) is 44.7 Å². The summed E-state index contributed by atoms with van der Waals surface area (Å²) in [5, 5.41) is 8.74. The molecule has 1 aliphatic rings. The summed E-state index contributed by atoms with van der Waals surface area (Å²) in [6.45, 7) is 9.39. The van der Waals surface area contributed by atoms with E-state index >= 15 is 0 Å². The smallest absolute Gasteiger partial charge is 0.270 e. The summed E-state index contributed by atoms with van der Waals surface area (Å²) in [5.41, 5.74) is 3.93. The Morgan fingerprint density at radius 1 is 1.27 bits per heavy atom. The van der Waals surface area contributed by atoms with Gasteiger partial charge in [-0.25, -0.2) is 4.98 Å². The Balaban J connectivity index is 1.44. The molecule has 0 saturated carbocycles. The molecule has 1 aromatic carbocycles. The van der Waals surface area contributed by atoms with Crippen LogP contribution in [0.25, 0.3) is 0 Å². The highest BCUT2D eigenvalue weighted by atomic mass is 32.1. The number of anilines is 2. The van der Waals surface area contributed by atoms with Crippen LogP contribution in [0, 0.1) is 13.8 Å². The molecule has 0 spiro atoms. The molecule has 1 amide bonds. The van der Waals surface area contributed by atoms with Gasteiger partial charge in [-0.15, -0.1) is 11.3 Å². The fourth-order valence-electron chi connectivity index (χ4n) is 2.80. The van der Waals surface area contributed by atoms with E-state index < -0.39 is 0 Å². The van der Waals surface area contributed by atoms with E-state index in [4.69, 9.17) is 4.74 Å². The van der Waals surface area contributed by atoms with Gasteiger partial charge in [0, 0.05) is 30.7 Å². The molecule has 6 nitrogen and oxygen atoms in total. The molecule has 0 radical (unpaired) electrons. The Labute approximate surface area is 158 Å². The molecule has 2 N–H and O–H groups in total. The van der Waals surface area contributed by atoms with E-state index in [1.165, 1.54) is 22.5 Å². The van der Waals surface area contributed by atoms with Crippen LogP contribution in [0.3, 0.4) is 0 Å². The van der Waals surface area contributed by atoms with Crippen molar-refractivity contribution in [2.24, 2.45) is 0 Å². The van der Waals surface area contributed by atoms with Crippen LogP contribution in [0.4, 0.5) is 10.8 Å². The number of thiazole rings is 1. The molecule has 0 aliphatic carbocycles. The molecular formula is C19H26N4O2S. The van der Waals surface area contributed by atoms with Crippen molar-refractivity contribution >= 4 is 28.1 Å². The van der Waals surface area contributed by atoms with Crippen molar-refractivity contribution in [3.63, 3.8) is 0 Å². The second-order valence-electron chi connectivity index (χ2n) is 6.53. The minimum Gasteiger partial charge on any atom is -0.379 e. The lowest BCUT2D eigenvalue weighted by atomic mass is 10.1. The van der Waals surface area contributed by atoms with Crippen molar-refractivity contribution in [1.29, 1.82) is 0 Å². The van der Waals surface area contributed by atoms with E-state index in [-0.39, 0.29) is 5.91 Å². The Morgan fingerprint density at radius 2 is 2.08 bits per heavy atom. The van der Waals surface area contributed by atoms with Gasteiger partial charge >= 0.3 is 0 Å². The summed E-state index contributed by atoms with van der Waals surface area (Å²) in [5.74, 6) is -0.114. The average Bonchev–Trinajstić information content (AvgIpc) is 3.11. The van der Waals surface area contributed by atoms with Gasteiger partial charge in [0.2, 0.25) is 0 Å². The molecule has 1 fully saturated rings. The van der Waals surface area contributed by atoms with Crippen LogP contribution in [-0.2, 0) is 4.74 Å². The molecular weight excluding hydrogens is 348 g/mol. The lowest BCUT2D eigenvalue weighted by Gasteiger charge is -2.26. The third-order valence-corrected chi connectivity index (χ3v) is 5.29. The number of ether oxygens (including phenoxy) is 1. The summed E-state index contributed by atoms with van der Waals surface area (Å²) < 4.78 is 5.33. The highest BCUT2D eigenvalue weighted by Gasteiger charge is 2.12. The topological polar surface area (TPSA) is 66.5 Å². The first-order chi connectivity index (χ1) is 12.6. The number of hydrogen-bond donors (Lipinski definition) is 2. The molecule has 140 valence electrons. The first kappa shape index (κ1) is 18.8. The zero-order valence-corrected chi connectivity index (χ0v) is 16.2. The minimum absolute atomic E-state index is 0.114. The van der Waals surface area contributed by atoms with Crippen LogP contribution in [0.5, 0.6) is 0 Å². The largest absolute Gasteiger partial charge is 0.379 e. The van der Waals surface area contributed by atoms with E-state index in [9.17, 15) is 4.79 Å². The molecule has 26 heavy (non-hydrogen) atoms. The third kappa shape index (κ3) is 5.27. The predicted octanol–water partition coefficient (Wildman–Crippen LogP) is 2.96. The van der Waals surface area contributed by atoms with Gasteiger partial charge in [-0.05, 0) is 50.1 Å². The molecule has 0 bridgehead atoms. The van der Waals surface area contributed by atoms with Gasteiger partial charge in [0.25, 0.3) is 5.91 Å². The Morgan fingerprint density at radius 3 is 2.85 bits per heavy atom. The van der Waals surface area contributed by atoms with Gasteiger partial charge in [-0.1, -0.05) is 6.07 Å². The first-order valence-electron chi connectivity index (χ1n) is 9.00. The number of aromatic nitrogens is 1. The number of carbonyl (C=O) groups excluding carboxylic acids is 1. The number of hydrogen-bond acceptors (Lipinski definition) is 6. The molecule has 0 atom stereocenters. The van der Waals surface area contributed by atoms with E-state index in [0.717, 1.165) is 50.1 Å². The quantitative estimate of drug-likeness (QED) is 0.730. The number of rotatable bonds is 7. The molecule has 1 aliphatic heterocycles. The van der Waals surface area contributed by atoms with Gasteiger partial charge < -0.3 is 15.4 Å². The average molecular weight is 375 g/mol. The van der Waals surface area contributed by atoms with E-state index in [1.807, 2.05) is 6.07 Å². The number of nitrogens with one attached hydrogen (secondary N) is 2. The fraction of sp³-hybridized carbons (Fsp3) is 0.474. The van der Waals surface area contributed by atoms with E-state index in [0.29, 0.717) is 12.2 Å². The first-order valence-corrected chi connectivity index (χ1v) is 9.88. The summed E-state index contributed by atoms with van der Waals surface area (Å²) >= 11 is 1.44. The number of aryl methyl sites for hydroxylation is 2. The summed E-state index contributed by atoms with van der Waals surface area (Å²) in [6.07, 6.45) is 0.934. The Kier molecular flexibility index (Phi) is 6.60. The van der Waals surface area contributed by atoms with Gasteiger partial charge in [0.1, 0.15) is 5.69 Å². The molecule has 0 unspecified atom stereocenters. The highest BCUT2D eigenvalue weighted by molar-refractivity contribution is 7.14. The lowest BCUT2D eigenvalue weighted by Crippen LogP contribution is -2.38. The number of amides is 1. The monoisotopic (exact) mass is 374 g/mol. The maximum absolute atomic E-state index is 12.2. The molecule has 2 aromatic rings. The second kappa shape index (κ2) is 9.12. The lowest BCUT2D eigenvalue weighted by molar-refractivity contribution is 0.0374. The maximum Gasteiger partial charge on any atom is 0.270 e. The zero-order chi connectivity index (χ0) is 18.4. The Bertz CT molecular complexity index is 741. The van der Waals surface area contributed by atoms with Gasteiger partial charge in [0.05, 0.1) is 13.2 Å².